The molecule has 6 heteroatoms. The molecule has 3 rings (SSSR count). The van der Waals surface area contributed by atoms with Crippen LogP contribution in [0.5, 0.6) is 5.75 Å². The Hall–Kier alpha value is -3.02. The third-order valence-electron chi connectivity index (χ3n) is 3.94. The number of nitrogens with zero attached hydrogens (tertiary/aromatic N) is 2. The molecule has 3 aromatic rings. The van der Waals surface area contributed by atoms with Gasteiger partial charge in [-0.1, -0.05) is 18.2 Å². The zero-order valence-electron chi connectivity index (χ0n) is 13.4. The molecule has 0 aliphatic rings. The van der Waals surface area contributed by atoms with Crippen molar-refractivity contribution >= 4 is 23.0 Å². The Labute approximate surface area is 139 Å². The minimum Gasteiger partial charge on any atom is -0.497 e. The second kappa shape index (κ2) is 6.62. The number of hydrogen-bond donors (Lipinski definition) is 2. The zero-order chi connectivity index (χ0) is 17.1. The molecule has 0 aliphatic carbocycles. The van der Waals surface area contributed by atoms with Crippen LogP contribution in [0.1, 0.15) is 17.5 Å². The molecule has 0 aliphatic heterocycles. The van der Waals surface area contributed by atoms with Crippen molar-refractivity contribution in [2.24, 2.45) is 0 Å². The van der Waals surface area contributed by atoms with Crippen LogP contribution in [-0.2, 0) is 17.8 Å². The van der Waals surface area contributed by atoms with Crippen LogP contribution in [0.15, 0.2) is 42.5 Å². The van der Waals surface area contributed by atoms with Crippen LogP contribution in [-0.4, -0.2) is 27.7 Å². The molecule has 124 valence electrons. The number of carboxylic acids is 1. The molecule has 0 saturated heterocycles. The fourth-order valence-electron chi connectivity index (χ4n) is 2.72. The molecule has 6 nitrogen and oxygen atoms in total. The number of carboxylic acid groups (broad SMARTS) is 1. The van der Waals surface area contributed by atoms with Gasteiger partial charge < -0.3 is 20.1 Å². The van der Waals surface area contributed by atoms with Crippen molar-refractivity contribution in [3.05, 3.63) is 53.6 Å². The van der Waals surface area contributed by atoms with E-state index in [0.717, 1.165) is 27.9 Å². The lowest BCUT2D eigenvalue weighted by molar-refractivity contribution is -0.136. The first-order valence-electron chi connectivity index (χ1n) is 7.66. The molecular formula is C18H19N3O3. The smallest absolute Gasteiger partial charge is 0.303 e. The van der Waals surface area contributed by atoms with E-state index < -0.39 is 5.97 Å². The van der Waals surface area contributed by atoms with Crippen molar-refractivity contribution in [1.82, 2.24) is 9.55 Å². The molecule has 3 N–H and O–H groups in total. The predicted molar refractivity (Wildman–Crippen MR) is 92.2 cm³/mol. The monoisotopic (exact) mass is 325 g/mol. The van der Waals surface area contributed by atoms with Crippen molar-refractivity contribution in [1.29, 1.82) is 0 Å². The highest BCUT2D eigenvalue weighted by Gasteiger charge is 2.10. The third kappa shape index (κ3) is 3.32. The number of aryl methyl sites for hydroxylation is 1. The Bertz CT molecular complexity index is 886. The average molecular weight is 325 g/mol. The summed E-state index contributed by atoms with van der Waals surface area (Å²) in [6, 6.07) is 13.6. The number of anilines is 1. The molecule has 1 heterocycles. The number of methoxy groups -OCH3 is 1. The maximum absolute atomic E-state index is 10.7. The summed E-state index contributed by atoms with van der Waals surface area (Å²) in [4.78, 5) is 15.1. The molecule has 24 heavy (non-hydrogen) atoms. The van der Waals surface area contributed by atoms with Gasteiger partial charge in [0.2, 0.25) is 5.95 Å². The summed E-state index contributed by atoms with van der Waals surface area (Å²) in [5.74, 6) is 0.424. The van der Waals surface area contributed by atoms with Crippen LogP contribution in [0, 0.1) is 0 Å². The topological polar surface area (TPSA) is 90.4 Å². The van der Waals surface area contributed by atoms with Gasteiger partial charge in [0.1, 0.15) is 5.75 Å². The lowest BCUT2D eigenvalue weighted by Gasteiger charge is -2.08. The van der Waals surface area contributed by atoms with Crippen molar-refractivity contribution in [2.45, 2.75) is 19.4 Å². The second-order valence-electron chi connectivity index (χ2n) is 5.62. The molecule has 1 aromatic heterocycles. The molecule has 0 spiro atoms. The maximum Gasteiger partial charge on any atom is 0.303 e. The molecular weight excluding hydrogens is 306 g/mol. The van der Waals surface area contributed by atoms with E-state index in [4.69, 9.17) is 15.6 Å². The summed E-state index contributed by atoms with van der Waals surface area (Å²) in [5, 5.41) is 8.79. The van der Waals surface area contributed by atoms with E-state index in [2.05, 4.69) is 4.98 Å². The number of nitrogens with two attached hydrogens (primary N) is 1. The third-order valence-corrected chi connectivity index (χ3v) is 3.94. The van der Waals surface area contributed by atoms with E-state index in [1.54, 1.807) is 7.11 Å². The van der Waals surface area contributed by atoms with Gasteiger partial charge in [0.15, 0.2) is 0 Å². The van der Waals surface area contributed by atoms with Crippen LogP contribution in [0.2, 0.25) is 0 Å². The van der Waals surface area contributed by atoms with Crippen molar-refractivity contribution in [3.63, 3.8) is 0 Å². The first-order valence-corrected chi connectivity index (χ1v) is 7.66. The summed E-state index contributed by atoms with van der Waals surface area (Å²) < 4.78 is 7.19. The summed E-state index contributed by atoms with van der Waals surface area (Å²) >= 11 is 0. The fraction of sp³-hybridized carbons (Fsp3) is 0.222. The average Bonchev–Trinajstić information content (AvgIpc) is 2.88. The van der Waals surface area contributed by atoms with Crippen LogP contribution in [0.3, 0.4) is 0 Å². The molecule has 0 amide bonds. The lowest BCUT2D eigenvalue weighted by atomic mass is 10.1. The van der Waals surface area contributed by atoms with Crippen molar-refractivity contribution in [2.75, 3.05) is 12.8 Å². The number of imidazole rings is 1. The summed E-state index contributed by atoms with van der Waals surface area (Å²) in [6.07, 6.45) is 0.583. The lowest BCUT2D eigenvalue weighted by Crippen LogP contribution is -2.04. The number of benzene rings is 2. The quantitative estimate of drug-likeness (QED) is 0.727. The van der Waals surface area contributed by atoms with Crippen molar-refractivity contribution < 1.29 is 14.6 Å². The number of fused-ring (bicyclic) bond motifs is 1. The Morgan fingerprint density at radius 3 is 2.83 bits per heavy atom. The van der Waals surface area contributed by atoms with Crippen LogP contribution in [0.25, 0.3) is 11.0 Å². The molecule has 0 fully saturated rings. The molecule has 0 radical (unpaired) electrons. The Balaban J connectivity index is 1.90. The first-order chi connectivity index (χ1) is 11.6. The summed E-state index contributed by atoms with van der Waals surface area (Å²) in [6.45, 7) is 0.591. The van der Waals surface area contributed by atoms with Gasteiger partial charge in [-0.15, -0.1) is 0 Å². The van der Waals surface area contributed by atoms with Gasteiger partial charge in [-0.2, -0.15) is 0 Å². The summed E-state index contributed by atoms with van der Waals surface area (Å²) in [5.41, 5.74) is 9.78. The second-order valence-corrected chi connectivity index (χ2v) is 5.62. The largest absolute Gasteiger partial charge is 0.497 e. The number of aromatic nitrogens is 2. The molecule has 0 atom stereocenters. The van der Waals surface area contributed by atoms with Gasteiger partial charge in [-0.25, -0.2) is 4.98 Å². The highest BCUT2D eigenvalue weighted by atomic mass is 16.5. The Morgan fingerprint density at radius 1 is 1.25 bits per heavy atom. The first kappa shape index (κ1) is 15.9. The van der Waals surface area contributed by atoms with Crippen molar-refractivity contribution in [3.8, 4) is 5.75 Å². The highest BCUT2D eigenvalue weighted by molar-refractivity contribution is 5.79. The Kier molecular flexibility index (Phi) is 4.37. The van der Waals surface area contributed by atoms with Gasteiger partial charge in [-0.05, 0) is 41.8 Å². The van der Waals surface area contributed by atoms with E-state index in [-0.39, 0.29) is 6.42 Å². The number of carbonyl (C=O) groups is 1. The maximum atomic E-state index is 10.7. The SMILES string of the molecule is COc1cccc(Cn2c(N)nc3cc(CCC(=O)O)ccc32)c1. The Morgan fingerprint density at radius 2 is 2.08 bits per heavy atom. The zero-order valence-corrected chi connectivity index (χ0v) is 13.4. The number of rotatable bonds is 6. The normalized spacial score (nSPS) is 10.9. The highest BCUT2D eigenvalue weighted by Crippen LogP contribution is 2.22. The number of hydrogen-bond acceptors (Lipinski definition) is 4. The van der Waals surface area contributed by atoms with Gasteiger partial charge in [0, 0.05) is 6.42 Å². The van der Waals surface area contributed by atoms with Gasteiger partial charge in [-0.3, -0.25) is 4.79 Å². The van der Waals surface area contributed by atoms with Crippen LogP contribution < -0.4 is 10.5 Å². The molecule has 0 saturated carbocycles. The summed E-state index contributed by atoms with van der Waals surface area (Å²) in [7, 11) is 1.64. The van der Waals surface area contributed by atoms with Gasteiger partial charge in [0.25, 0.3) is 0 Å². The van der Waals surface area contributed by atoms with Gasteiger partial charge >= 0.3 is 5.97 Å². The standard InChI is InChI=1S/C18H19N3O3/c1-24-14-4-2-3-13(9-14)11-21-16-7-5-12(6-8-17(22)23)10-15(16)20-18(21)19/h2-5,7,9-10H,6,8,11H2,1H3,(H2,19,20)(H,22,23). The number of aliphatic carboxylic acids is 1. The van der Waals surface area contributed by atoms with Crippen LogP contribution in [0.4, 0.5) is 5.95 Å². The molecule has 2 aromatic carbocycles. The number of nitrogen functional groups attached to an aromatic ring is 1. The van der Waals surface area contributed by atoms with E-state index >= 15 is 0 Å². The predicted octanol–water partition coefficient (Wildman–Crippen LogP) is 2.69. The van der Waals surface area contributed by atoms with E-state index in [0.29, 0.717) is 18.9 Å². The minimum atomic E-state index is -0.807. The molecule has 0 bridgehead atoms. The van der Waals surface area contributed by atoms with Gasteiger partial charge in [0.05, 0.1) is 24.7 Å². The van der Waals surface area contributed by atoms with E-state index in [9.17, 15) is 4.79 Å². The van der Waals surface area contributed by atoms with E-state index in [1.807, 2.05) is 47.0 Å². The number of ether oxygens (including phenoxy) is 1. The minimum absolute atomic E-state index is 0.103. The fourth-order valence-corrected chi connectivity index (χ4v) is 2.72. The molecule has 0 unspecified atom stereocenters. The van der Waals surface area contributed by atoms with Crippen LogP contribution >= 0.6 is 0 Å². The van der Waals surface area contributed by atoms with E-state index in [1.165, 1.54) is 0 Å².